The topological polar surface area (TPSA) is 83.8 Å². The molecule has 5 nitrogen and oxygen atoms in total. The quantitative estimate of drug-likeness (QED) is 0.396. The van der Waals surface area contributed by atoms with Gasteiger partial charge in [0.1, 0.15) is 5.82 Å². The monoisotopic (exact) mass is 222 g/mol. The maximum absolute atomic E-state index is 11.4. The maximum Gasteiger partial charge on any atom is 0.236 e. The molecule has 1 aromatic rings. The molecule has 2 rings (SSSR count). The smallest absolute Gasteiger partial charge is 0.236 e. The summed E-state index contributed by atoms with van der Waals surface area (Å²) < 4.78 is 0. The maximum atomic E-state index is 11.4. The standard InChI is InChI=1S/C11H18N4O/c1-7-6-13-10(14-7)8-2-4-9(5-3-8)11(16)15-12/h6,8-9H,2-5,12H2,1H3,(H,13,14)(H,15,16). The first-order chi connectivity index (χ1) is 7.70. The first kappa shape index (κ1) is 11.1. The van der Waals surface area contributed by atoms with E-state index < -0.39 is 0 Å². The predicted octanol–water partition coefficient (Wildman–Crippen LogP) is 0.982. The lowest BCUT2D eigenvalue weighted by molar-refractivity contribution is -0.126. The molecule has 0 atom stereocenters. The fourth-order valence-corrected chi connectivity index (χ4v) is 2.39. The van der Waals surface area contributed by atoms with E-state index in [1.54, 1.807) is 0 Å². The third-order valence-corrected chi connectivity index (χ3v) is 3.35. The number of aryl methyl sites for hydroxylation is 1. The number of aromatic nitrogens is 2. The molecule has 5 heteroatoms. The Morgan fingerprint density at radius 2 is 2.19 bits per heavy atom. The van der Waals surface area contributed by atoms with Gasteiger partial charge in [0, 0.05) is 23.7 Å². The van der Waals surface area contributed by atoms with Gasteiger partial charge in [-0.1, -0.05) is 0 Å². The van der Waals surface area contributed by atoms with Crippen LogP contribution in [0.1, 0.15) is 43.1 Å². The number of nitrogens with zero attached hydrogens (tertiary/aromatic N) is 1. The Bertz CT molecular complexity index is 366. The minimum atomic E-state index is -0.0333. The number of amides is 1. The van der Waals surface area contributed by atoms with Gasteiger partial charge in [0.15, 0.2) is 0 Å². The summed E-state index contributed by atoms with van der Waals surface area (Å²) in [6.45, 7) is 2.00. The number of imidazole rings is 1. The largest absolute Gasteiger partial charge is 0.346 e. The number of nitrogens with one attached hydrogen (secondary N) is 2. The Kier molecular flexibility index (Phi) is 3.24. The molecule has 0 spiro atoms. The summed E-state index contributed by atoms with van der Waals surface area (Å²) in [5.41, 5.74) is 3.33. The minimum absolute atomic E-state index is 0.0333. The lowest BCUT2D eigenvalue weighted by Gasteiger charge is -2.25. The van der Waals surface area contributed by atoms with E-state index in [0.29, 0.717) is 5.92 Å². The molecule has 0 saturated heterocycles. The van der Waals surface area contributed by atoms with Gasteiger partial charge in [-0.2, -0.15) is 0 Å². The molecular weight excluding hydrogens is 204 g/mol. The number of rotatable bonds is 2. The molecular formula is C11H18N4O. The summed E-state index contributed by atoms with van der Waals surface area (Å²) in [5.74, 6) is 6.71. The van der Waals surface area contributed by atoms with Gasteiger partial charge in [-0.05, 0) is 32.6 Å². The minimum Gasteiger partial charge on any atom is -0.346 e. The van der Waals surface area contributed by atoms with Crippen molar-refractivity contribution in [2.75, 3.05) is 0 Å². The lowest BCUT2D eigenvalue weighted by Crippen LogP contribution is -2.37. The number of H-pyrrole nitrogens is 1. The van der Waals surface area contributed by atoms with E-state index in [2.05, 4.69) is 15.4 Å². The molecule has 1 saturated carbocycles. The SMILES string of the molecule is Cc1cnc(C2CCC(C(=O)NN)CC2)[nH]1. The summed E-state index contributed by atoms with van der Waals surface area (Å²) in [7, 11) is 0. The zero-order chi connectivity index (χ0) is 11.5. The molecule has 0 aromatic carbocycles. The van der Waals surface area contributed by atoms with Gasteiger partial charge in [-0.3, -0.25) is 10.2 Å². The zero-order valence-electron chi connectivity index (χ0n) is 9.49. The number of carbonyl (C=O) groups is 1. The Morgan fingerprint density at radius 1 is 1.50 bits per heavy atom. The number of carbonyl (C=O) groups excluding carboxylic acids is 1. The van der Waals surface area contributed by atoms with Crippen LogP contribution in [0.2, 0.25) is 0 Å². The van der Waals surface area contributed by atoms with E-state index in [4.69, 9.17) is 5.84 Å². The van der Waals surface area contributed by atoms with Gasteiger partial charge >= 0.3 is 0 Å². The number of hydrogen-bond donors (Lipinski definition) is 3. The van der Waals surface area contributed by atoms with Crippen LogP contribution >= 0.6 is 0 Å². The molecule has 1 amide bonds. The van der Waals surface area contributed by atoms with Crippen LogP contribution in [-0.4, -0.2) is 15.9 Å². The second-order valence-corrected chi connectivity index (χ2v) is 4.51. The van der Waals surface area contributed by atoms with Crippen molar-refractivity contribution in [3.8, 4) is 0 Å². The van der Waals surface area contributed by atoms with E-state index in [1.165, 1.54) is 0 Å². The fourth-order valence-electron chi connectivity index (χ4n) is 2.39. The van der Waals surface area contributed by atoms with Gasteiger partial charge in [-0.25, -0.2) is 10.8 Å². The highest BCUT2D eigenvalue weighted by molar-refractivity contribution is 5.78. The lowest BCUT2D eigenvalue weighted by atomic mass is 9.81. The van der Waals surface area contributed by atoms with Crippen LogP contribution in [0.3, 0.4) is 0 Å². The molecule has 88 valence electrons. The van der Waals surface area contributed by atoms with Crippen molar-refractivity contribution < 1.29 is 4.79 Å². The number of aromatic amines is 1. The number of hydrogen-bond acceptors (Lipinski definition) is 3. The zero-order valence-corrected chi connectivity index (χ0v) is 9.49. The van der Waals surface area contributed by atoms with Gasteiger partial charge in [0.2, 0.25) is 5.91 Å². The molecule has 1 aliphatic rings. The normalized spacial score (nSPS) is 25.4. The van der Waals surface area contributed by atoms with E-state index >= 15 is 0 Å². The molecule has 4 N–H and O–H groups in total. The summed E-state index contributed by atoms with van der Waals surface area (Å²) in [5, 5.41) is 0. The number of hydrazine groups is 1. The molecule has 1 aromatic heterocycles. The van der Waals surface area contributed by atoms with Crippen LogP contribution in [0.4, 0.5) is 0 Å². The van der Waals surface area contributed by atoms with Gasteiger partial charge in [-0.15, -0.1) is 0 Å². The molecule has 1 fully saturated rings. The number of nitrogens with two attached hydrogens (primary N) is 1. The van der Waals surface area contributed by atoms with Crippen LogP contribution in [0.15, 0.2) is 6.20 Å². The molecule has 0 bridgehead atoms. The van der Waals surface area contributed by atoms with Crippen molar-refractivity contribution in [2.45, 2.75) is 38.5 Å². The predicted molar refractivity (Wildman–Crippen MR) is 60.4 cm³/mol. The van der Waals surface area contributed by atoms with Crippen molar-refractivity contribution in [3.05, 3.63) is 17.7 Å². The molecule has 0 radical (unpaired) electrons. The first-order valence-corrected chi connectivity index (χ1v) is 5.72. The first-order valence-electron chi connectivity index (χ1n) is 5.72. The van der Waals surface area contributed by atoms with Crippen molar-refractivity contribution in [2.24, 2.45) is 11.8 Å². The average molecular weight is 222 g/mol. The summed E-state index contributed by atoms with van der Waals surface area (Å²) in [6, 6.07) is 0. The van der Waals surface area contributed by atoms with Gasteiger partial charge in [0.25, 0.3) is 0 Å². The fraction of sp³-hybridized carbons (Fsp3) is 0.636. The highest BCUT2D eigenvalue weighted by Gasteiger charge is 2.27. The summed E-state index contributed by atoms with van der Waals surface area (Å²) in [4.78, 5) is 19.0. The molecule has 1 heterocycles. The third kappa shape index (κ3) is 2.24. The summed E-state index contributed by atoms with van der Waals surface area (Å²) in [6.07, 6.45) is 5.66. The van der Waals surface area contributed by atoms with E-state index in [1.807, 2.05) is 13.1 Å². The molecule has 0 unspecified atom stereocenters. The van der Waals surface area contributed by atoms with Crippen LogP contribution in [0, 0.1) is 12.8 Å². The van der Waals surface area contributed by atoms with Gasteiger partial charge < -0.3 is 4.98 Å². The van der Waals surface area contributed by atoms with Crippen LogP contribution in [-0.2, 0) is 4.79 Å². The van der Waals surface area contributed by atoms with E-state index in [-0.39, 0.29) is 11.8 Å². The Hall–Kier alpha value is -1.36. The molecule has 0 aliphatic heterocycles. The van der Waals surface area contributed by atoms with Crippen molar-refractivity contribution in [3.63, 3.8) is 0 Å². The highest BCUT2D eigenvalue weighted by atomic mass is 16.2. The van der Waals surface area contributed by atoms with E-state index in [9.17, 15) is 4.79 Å². The Morgan fingerprint density at radius 3 is 2.69 bits per heavy atom. The summed E-state index contributed by atoms with van der Waals surface area (Å²) >= 11 is 0. The Balaban J connectivity index is 1.92. The third-order valence-electron chi connectivity index (χ3n) is 3.35. The van der Waals surface area contributed by atoms with Crippen molar-refractivity contribution in [1.82, 2.24) is 15.4 Å². The average Bonchev–Trinajstić information content (AvgIpc) is 2.75. The van der Waals surface area contributed by atoms with Crippen molar-refractivity contribution >= 4 is 5.91 Å². The van der Waals surface area contributed by atoms with Crippen LogP contribution in [0.5, 0.6) is 0 Å². The molecule has 1 aliphatic carbocycles. The van der Waals surface area contributed by atoms with Crippen molar-refractivity contribution in [1.29, 1.82) is 0 Å². The molecule has 16 heavy (non-hydrogen) atoms. The van der Waals surface area contributed by atoms with Crippen LogP contribution < -0.4 is 11.3 Å². The second kappa shape index (κ2) is 4.65. The van der Waals surface area contributed by atoms with Crippen LogP contribution in [0.25, 0.3) is 0 Å². The van der Waals surface area contributed by atoms with E-state index in [0.717, 1.165) is 37.2 Å². The highest BCUT2D eigenvalue weighted by Crippen LogP contribution is 2.34. The van der Waals surface area contributed by atoms with Gasteiger partial charge in [0.05, 0.1) is 0 Å². The Labute approximate surface area is 94.8 Å². The second-order valence-electron chi connectivity index (χ2n) is 4.51.